The summed E-state index contributed by atoms with van der Waals surface area (Å²) < 4.78 is 0. The molecule has 1 N–H and O–H groups in total. The van der Waals surface area contributed by atoms with Gasteiger partial charge >= 0.3 is 0 Å². The van der Waals surface area contributed by atoms with Crippen molar-refractivity contribution in [3.63, 3.8) is 0 Å². The van der Waals surface area contributed by atoms with Crippen molar-refractivity contribution in [3.05, 3.63) is 0 Å². The number of piperazine rings is 1. The van der Waals surface area contributed by atoms with Gasteiger partial charge in [0, 0.05) is 6.54 Å². The minimum atomic E-state index is -0.738. The summed E-state index contributed by atoms with van der Waals surface area (Å²) in [7, 11) is 0. The van der Waals surface area contributed by atoms with E-state index in [9.17, 15) is 9.59 Å². The van der Waals surface area contributed by atoms with Crippen molar-refractivity contribution >= 4 is 11.8 Å². The van der Waals surface area contributed by atoms with Crippen LogP contribution in [0.15, 0.2) is 0 Å². The van der Waals surface area contributed by atoms with Gasteiger partial charge < -0.3 is 10.2 Å². The SMILES string of the molecule is CCC(C)CN1C(=O)C(C)(CC)NC(=O)C1CC(C)C. The third kappa shape index (κ3) is 3.53. The van der Waals surface area contributed by atoms with Gasteiger partial charge in [0.25, 0.3) is 0 Å². The van der Waals surface area contributed by atoms with E-state index in [-0.39, 0.29) is 17.9 Å². The van der Waals surface area contributed by atoms with Gasteiger partial charge in [-0.05, 0) is 31.6 Å². The van der Waals surface area contributed by atoms with E-state index in [1.165, 1.54) is 0 Å². The van der Waals surface area contributed by atoms with E-state index in [4.69, 9.17) is 0 Å². The van der Waals surface area contributed by atoms with Crippen LogP contribution in [-0.2, 0) is 9.59 Å². The van der Waals surface area contributed by atoms with Gasteiger partial charge in [-0.1, -0.05) is 41.0 Å². The monoisotopic (exact) mass is 282 g/mol. The molecule has 4 nitrogen and oxygen atoms in total. The van der Waals surface area contributed by atoms with Crippen molar-refractivity contribution in [2.45, 2.75) is 72.4 Å². The Bertz CT molecular complexity index is 367. The Balaban J connectivity index is 3.03. The maximum atomic E-state index is 12.8. The molecule has 1 saturated heterocycles. The lowest BCUT2D eigenvalue weighted by molar-refractivity contribution is -0.155. The Morgan fingerprint density at radius 1 is 1.25 bits per heavy atom. The second kappa shape index (κ2) is 6.59. The van der Waals surface area contributed by atoms with Crippen LogP contribution >= 0.6 is 0 Å². The Labute approximate surface area is 123 Å². The number of hydrogen-bond acceptors (Lipinski definition) is 2. The summed E-state index contributed by atoms with van der Waals surface area (Å²) in [5.41, 5.74) is -0.738. The summed E-state index contributed by atoms with van der Waals surface area (Å²) in [4.78, 5) is 27.0. The highest BCUT2D eigenvalue weighted by atomic mass is 16.2. The molecule has 2 amide bonds. The number of hydrogen-bond donors (Lipinski definition) is 1. The second-order valence-electron chi connectivity index (χ2n) is 6.79. The van der Waals surface area contributed by atoms with E-state index in [0.717, 1.165) is 12.8 Å². The molecular weight excluding hydrogens is 252 g/mol. The summed E-state index contributed by atoms with van der Waals surface area (Å²) >= 11 is 0. The predicted molar refractivity (Wildman–Crippen MR) is 81.2 cm³/mol. The number of amides is 2. The average molecular weight is 282 g/mol. The Hall–Kier alpha value is -1.06. The molecule has 0 saturated carbocycles. The zero-order valence-corrected chi connectivity index (χ0v) is 13.8. The largest absolute Gasteiger partial charge is 0.340 e. The Morgan fingerprint density at radius 3 is 2.30 bits per heavy atom. The van der Waals surface area contributed by atoms with Gasteiger partial charge in [0.05, 0.1) is 0 Å². The molecule has 3 unspecified atom stereocenters. The molecule has 0 spiro atoms. The van der Waals surface area contributed by atoms with E-state index >= 15 is 0 Å². The van der Waals surface area contributed by atoms with Crippen LogP contribution in [0.3, 0.4) is 0 Å². The molecule has 116 valence electrons. The fourth-order valence-corrected chi connectivity index (χ4v) is 2.60. The summed E-state index contributed by atoms with van der Waals surface area (Å²) in [5, 5.41) is 2.94. The fraction of sp³-hybridized carbons (Fsp3) is 0.875. The lowest BCUT2D eigenvalue weighted by atomic mass is 9.88. The molecule has 0 aromatic carbocycles. The summed E-state index contributed by atoms with van der Waals surface area (Å²) in [6, 6.07) is -0.309. The van der Waals surface area contributed by atoms with E-state index in [1.807, 2.05) is 18.7 Å². The summed E-state index contributed by atoms with van der Waals surface area (Å²) in [6.07, 6.45) is 2.37. The number of rotatable bonds is 6. The molecule has 0 bridgehead atoms. The highest BCUT2D eigenvalue weighted by Crippen LogP contribution is 2.26. The molecular formula is C16H30N2O2. The topological polar surface area (TPSA) is 49.4 Å². The maximum Gasteiger partial charge on any atom is 0.248 e. The van der Waals surface area contributed by atoms with Crippen LogP contribution in [0.4, 0.5) is 0 Å². The molecule has 1 rings (SSSR count). The van der Waals surface area contributed by atoms with Crippen LogP contribution in [0.25, 0.3) is 0 Å². The van der Waals surface area contributed by atoms with Gasteiger partial charge in [-0.15, -0.1) is 0 Å². The van der Waals surface area contributed by atoms with E-state index in [1.54, 1.807) is 0 Å². The first kappa shape index (κ1) is 17.0. The van der Waals surface area contributed by atoms with Gasteiger partial charge in [0.1, 0.15) is 11.6 Å². The van der Waals surface area contributed by atoms with Gasteiger partial charge in [0.2, 0.25) is 11.8 Å². The Kier molecular flexibility index (Phi) is 5.60. The highest BCUT2D eigenvalue weighted by molar-refractivity contribution is 5.99. The first-order valence-electron chi connectivity index (χ1n) is 7.88. The quantitative estimate of drug-likeness (QED) is 0.814. The van der Waals surface area contributed by atoms with Crippen molar-refractivity contribution < 1.29 is 9.59 Å². The van der Waals surface area contributed by atoms with Crippen LogP contribution in [0.1, 0.15) is 60.8 Å². The molecule has 3 atom stereocenters. The highest BCUT2D eigenvalue weighted by Gasteiger charge is 2.46. The smallest absolute Gasteiger partial charge is 0.248 e. The molecule has 4 heteroatoms. The van der Waals surface area contributed by atoms with Crippen LogP contribution < -0.4 is 5.32 Å². The van der Waals surface area contributed by atoms with Crippen LogP contribution in [-0.4, -0.2) is 34.8 Å². The molecule has 20 heavy (non-hydrogen) atoms. The van der Waals surface area contributed by atoms with E-state index in [2.05, 4.69) is 33.0 Å². The first-order chi connectivity index (χ1) is 9.25. The van der Waals surface area contributed by atoms with Crippen molar-refractivity contribution in [1.29, 1.82) is 0 Å². The van der Waals surface area contributed by atoms with Gasteiger partial charge in [-0.25, -0.2) is 0 Å². The molecule has 1 fully saturated rings. The molecule has 0 aliphatic carbocycles. The zero-order chi connectivity index (χ0) is 15.5. The molecule has 0 aromatic heterocycles. The second-order valence-corrected chi connectivity index (χ2v) is 6.79. The number of carbonyl (C=O) groups is 2. The Morgan fingerprint density at radius 2 is 1.85 bits per heavy atom. The third-order valence-electron chi connectivity index (χ3n) is 4.42. The van der Waals surface area contributed by atoms with E-state index < -0.39 is 5.54 Å². The molecule has 0 aromatic rings. The van der Waals surface area contributed by atoms with Crippen molar-refractivity contribution in [1.82, 2.24) is 10.2 Å². The van der Waals surface area contributed by atoms with Gasteiger partial charge in [-0.3, -0.25) is 9.59 Å². The zero-order valence-electron chi connectivity index (χ0n) is 13.8. The van der Waals surface area contributed by atoms with Crippen molar-refractivity contribution in [2.75, 3.05) is 6.54 Å². The lowest BCUT2D eigenvalue weighted by Gasteiger charge is -2.45. The minimum Gasteiger partial charge on any atom is -0.340 e. The molecule has 1 aliphatic heterocycles. The summed E-state index contributed by atoms with van der Waals surface area (Å²) in [5.74, 6) is 0.890. The van der Waals surface area contributed by atoms with Crippen LogP contribution in [0, 0.1) is 11.8 Å². The minimum absolute atomic E-state index is 0.00551. The normalized spacial score (nSPS) is 28.8. The molecule has 1 heterocycles. The molecule has 0 radical (unpaired) electrons. The van der Waals surface area contributed by atoms with Crippen LogP contribution in [0.2, 0.25) is 0 Å². The summed E-state index contributed by atoms with van der Waals surface area (Å²) in [6.45, 7) is 12.9. The maximum absolute atomic E-state index is 12.8. The standard InChI is InChI=1S/C16H30N2O2/c1-7-12(5)10-18-13(9-11(3)4)14(19)17-16(6,8-2)15(18)20/h11-13H,7-10H2,1-6H3,(H,17,19). The van der Waals surface area contributed by atoms with Crippen molar-refractivity contribution in [3.8, 4) is 0 Å². The number of nitrogens with one attached hydrogen (secondary N) is 1. The number of carbonyl (C=O) groups excluding carboxylic acids is 2. The predicted octanol–water partition coefficient (Wildman–Crippen LogP) is 2.57. The third-order valence-corrected chi connectivity index (χ3v) is 4.42. The van der Waals surface area contributed by atoms with Gasteiger partial charge in [-0.2, -0.15) is 0 Å². The van der Waals surface area contributed by atoms with E-state index in [0.29, 0.717) is 24.8 Å². The number of nitrogens with zero attached hydrogens (tertiary/aromatic N) is 1. The van der Waals surface area contributed by atoms with Gasteiger partial charge in [0.15, 0.2) is 0 Å². The first-order valence-corrected chi connectivity index (χ1v) is 7.88. The average Bonchev–Trinajstić information content (AvgIpc) is 2.39. The van der Waals surface area contributed by atoms with Crippen molar-refractivity contribution in [2.24, 2.45) is 11.8 Å². The molecule has 1 aliphatic rings. The van der Waals surface area contributed by atoms with Crippen LogP contribution in [0.5, 0.6) is 0 Å². The fourth-order valence-electron chi connectivity index (χ4n) is 2.60. The lowest BCUT2D eigenvalue weighted by Crippen LogP contribution is -2.69.